The van der Waals surface area contributed by atoms with Gasteiger partial charge < -0.3 is 5.11 Å². The molecule has 0 amide bonds. The molecular formula is C10H11N3OS2. The number of hydrogen-bond donors (Lipinski definition) is 1. The minimum atomic E-state index is -0.523. The van der Waals surface area contributed by atoms with E-state index in [0.717, 1.165) is 20.8 Å². The molecule has 1 N–H and O–H groups in total. The van der Waals surface area contributed by atoms with E-state index in [-0.39, 0.29) is 0 Å². The second-order valence-corrected chi connectivity index (χ2v) is 5.27. The van der Waals surface area contributed by atoms with Crippen LogP contribution in [0.15, 0.2) is 27.7 Å². The average molecular weight is 253 g/mol. The third-order valence-electron chi connectivity index (χ3n) is 1.94. The number of pyridine rings is 1. The second-order valence-electron chi connectivity index (χ2n) is 3.28. The maximum atomic E-state index is 9.60. The van der Waals surface area contributed by atoms with Crippen molar-refractivity contribution in [3.63, 3.8) is 0 Å². The van der Waals surface area contributed by atoms with Crippen LogP contribution in [0.1, 0.15) is 24.4 Å². The summed E-state index contributed by atoms with van der Waals surface area (Å²) in [4.78, 5) is 8.50. The molecule has 6 heteroatoms. The first-order chi connectivity index (χ1) is 7.66. The molecule has 1 atom stereocenters. The van der Waals surface area contributed by atoms with Gasteiger partial charge in [-0.05, 0) is 43.2 Å². The summed E-state index contributed by atoms with van der Waals surface area (Å²) < 4.78 is 4.95. The molecule has 2 rings (SSSR count). The van der Waals surface area contributed by atoms with Crippen LogP contribution in [0.2, 0.25) is 0 Å². The van der Waals surface area contributed by atoms with Crippen molar-refractivity contribution < 1.29 is 5.11 Å². The molecule has 0 fully saturated rings. The lowest BCUT2D eigenvalue weighted by Gasteiger charge is -2.08. The normalized spacial score (nSPS) is 12.7. The average Bonchev–Trinajstić information content (AvgIpc) is 2.64. The van der Waals surface area contributed by atoms with Crippen molar-refractivity contribution in [2.24, 2.45) is 0 Å². The van der Waals surface area contributed by atoms with Crippen molar-refractivity contribution in [1.82, 2.24) is 14.3 Å². The predicted octanol–water partition coefficient (Wildman–Crippen LogP) is 2.45. The van der Waals surface area contributed by atoms with Gasteiger partial charge in [0.15, 0.2) is 4.34 Å². The first kappa shape index (κ1) is 11.5. The van der Waals surface area contributed by atoms with Crippen molar-refractivity contribution >= 4 is 23.3 Å². The summed E-state index contributed by atoms with van der Waals surface area (Å²) in [7, 11) is 0. The third-order valence-corrected chi connectivity index (χ3v) is 3.82. The van der Waals surface area contributed by atoms with E-state index in [2.05, 4.69) is 14.3 Å². The molecule has 0 aliphatic carbocycles. The molecule has 0 unspecified atom stereocenters. The Labute approximate surface area is 102 Å². The Morgan fingerprint density at radius 3 is 2.94 bits per heavy atom. The summed E-state index contributed by atoms with van der Waals surface area (Å²) in [5.74, 6) is 0.766. The number of aryl methyl sites for hydroxylation is 1. The first-order valence-corrected chi connectivity index (χ1v) is 6.37. The Hall–Kier alpha value is -0.980. The number of aliphatic hydroxyl groups excluding tert-OH is 1. The zero-order valence-corrected chi connectivity index (χ0v) is 10.5. The molecule has 0 aliphatic rings. The van der Waals surface area contributed by atoms with E-state index in [4.69, 9.17) is 0 Å². The highest BCUT2D eigenvalue weighted by Gasteiger charge is 2.12. The van der Waals surface area contributed by atoms with Gasteiger partial charge in [0, 0.05) is 11.8 Å². The zero-order valence-electron chi connectivity index (χ0n) is 8.91. The van der Waals surface area contributed by atoms with E-state index in [9.17, 15) is 5.11 Å². The maximum absolute atomic E-state index is 9.60. The summed E-state index contributed by atoms with van der Waals surface area (Å²) >= 11 is 2.78. The van der Waals surface area contributed by atoms with Crippen LogP contribution in [0.25, 0.3) is 0 Å². The SMILES string of the molecule is Cc1nsc(Sc2ncccc2[C@@H](C)O)n1. The minimum Gasteiger partial charge on any atom is -0.389 e. The number of rotatable bonds is 3. The van der Waals surface area contributed by atoms with Crippen molar-refractivity contribution in [2.45, 2.75) is 29.3 Å². The summed E-state index contributed by atoms with van der Waals surface area (Å²) in [5.41, 5.74) is 0.820. The lowest BCUT2D eigenvalue weighted by Crippen LogP contribution is -1.95. The highest BCUT2D eigenvalue weighted by atomic mass is 32.2. The summed E-state index contributed by atoms with van der Waals surface area (Å²) in [6.45, 7) is 3.58. The minimum absolute atomic E-state index is 0.523. The van der Waals surface area contributed by atoms with Crippen molar-refractivity contribution in [3.8, 4) is 0 Å². The maximum Gasteiger partial charge on any atom is 0.176 e. The van der Waals surface area contributed by atoms with Crippen LogP contribution in [-0.4, -0.2) is 19.4 Å². The van der Waals surface area contributed by atoms with Gasteiger partial charge in [0.1, 0.15) is 10.9 Å². The Bertz CT molecular complexity index is 484. The Morgan fingerprint density at radius 1 is 1.50 bits per heavy atom. The standard InChI is InChI=1S/C10H11N3OS2/c1-6(14)8-4-3-5-11-9(8)15-10-12-7(2)13-16-10/h3-6,14H,1-2H3/t6-/m1/s1. The molecule has 0 spiro atoms. The monoisotopic (exact) mass is 253 g/mol. The van der Waals surface area contributed by atoms with Gasteiger partial charge in [-0.3, -0.25) is 0 Å². The molecule has 0 bridgehead atoms. The molecule has 16 heavy (non-hydrogen) atoms. The van der Waals surface area contributed by atoms with Crippen LogP contribution in [0.4, 0.5) is 0 Å². The molecule has 2 aromatic heterocycles. The Balaban J connectivity index is 2.27. The number of nitrogens with zero attached hydrogens (tertiary/aromatic N) is 3. The molecule has 0 aromatic carbocycles. The molecule has 84 valence electrons. The first-order valence-electron chi connectivity index (χ1n) is 4.78. The van der Waals surface area contributed by atoms with E-state index in [1.54, 1.807) is 13.1 Å². The van der Waals surface area contributed by atoms with Crippen LogP contribution in [0.5, 0.6) is 0 Å². The summed E-state index contributed by atoms with van der Waals surface area (Å²) in [5, 5.41) is 10.4. The highest BCUT2D eigenvalue weighted by Crippen LogP contribution is 2.32. The summed E-state index contributed by atoms with van der Waals surface area (Å²) in [6, 6.07) is 3.69. The van der Waals surface area contributed by atoms with Crippen LogP contribution in [-0.2, 0) is 0 Å². The van der Waals surface area contributed by atoms with Gasteiger partial charge in [-0.2, -0.15) is 4.37 Å². The van der Waals surface area contributed by atoms with E-state index in [0.29, 0.717) is 0 Å². The lowest BCUT2D eigenvalue weighted by atomic mass is 10.2. The quantitative estimate of drug-likeness (QED) is 0.910. The lowest BCUT2D eigenvalue weighted by molar-refractivity contribution is 0.195. The fourth-order valence-electron chi connectivity index (χ4n) is 1.21. The number of hydrogen-bond acceptors (Lipinski definition) is 6. The second kappa shape index (κ2) is 4.90. The van der Waals surface area contributed by atoms with E-state index < -0.39 is 6.10 Å². The molecule has 4 nitrogen and oxygen atoms in total. The molecule has 0 saturated heterocycles. The van der Waals surface area contributed by atoms with Gasteiger partial charge in [-0.25, -0.2) is 9.97 Å². The van der Waals surface area contributed by atoms with Crippen molar-refractivity contribution in [2.75, 3.05) is 0 Å². The van der Waals surface area contributed by atoms with Gasteiger partial charge in [0.25, 0.3) is 0 Å². The smallest absolute Gasteiger partial charge is 0.176 e. The van der Waals surface area contributed by atoms with Crippen molar-refractivity contribution in [3.05, 3.63) is 29.7 Å². The van der Waals surface area contributed by atoms with E-state index in [1.807, 2.05) is 19.1 Å². The fraction of sp³-hybridized carbons (Fsp3) is 0.300. The Morgan fingerprint density at radius 2 is 2.31 bits per heavy atom. The van der Waals surface area contributed by atoms with Gasteiger partial charge in [0.2, 0.25) is 0 Å². The molecule has 0 radical (unpaired) electrons. The van der Waals surface area contributed by atoms with Crippen molar-refractivity contribution in [1.29, 1.82) is 0 Å². The number of aliphatic hydroxyl groups is 1. The van der Waals surface area contributed by atoms with E-state index in [1.165, 1.54) is 23.3 Å². The van der Waals surface area contributed by atoms with Crippen LogP contribution in [0, 0.1) is 6.92 Å². The van der Waals surface area contributed by atoms with Gasteiger partial charge >= 0.3 is 0 Å². The van der Waals surface area contributed by atoms with E-state index >= 15 is 0 Å². The Kier molecular flexibility index (Phi) is 3.52. The fourth-order valence-corrected chi connectivity index (χ4v) is 2.94. The molecule has 0 aliphatic heterocycles. The number of aromatic nitrogens is 3. The summed E-state index contributed by atoms with van der Waals surface area (Å²) in [6.07, 6.45) is 1.19. The third kappa shape index (κ3) is 2.58. The van der Waals surface area contributed by atoms with Crippen LogP contribution in [0.3, 0.4) is 0 Å². The zero-order chi connectivity index (χ0) is 11.5. The van der Waals surface area contributed by atoms with Gasteiger partial charge in [-0.15, -0.1) is 0 Å². The largest absolute Gasteiger partial charge is 0.389 e. The van der Waals surface area contributed by atoms with Crippen LogP contribution >= 0.6 is 23.3 Å². The molecule has 2 aromatic rings. The molecular weight excluding hydrogens is 242 g/mol. The molecule has 2 heterocycles. The highest BCUT2D eigenvalue weighted by molar-refractivity contribution is 8.00. The topological polar surface area (TPSA) is 58.9 Å². The van der Waals surface area contributed by atoms with Gasteiger partial charge in [-0.1, -0.05) is 6.07 Å². The van der Waals surface area contributed by atoms with Gasteiger partial charge in [0.05, 0.1) is 6.10 Å². The molecule has 0 saturated carbocycles. The van der Waals surface area contributed by atoms with Crippen LogP contribution < -0.4 is 0 Å². The predicted molar refractivity (Wildman–Crippen MR) is 63.6 cm³/mol.